The zero-order chi connectivity index (χ0) is 10.1. The van der Waals surface area contributed by atoms with E-state index in [1.807, 2.05) is 13.8 Å². The molecule has 0 bridgehead atoms. The molecule has 3 N–H and O–H groups in total. The molecule has 0 saturated heterocycles. The van der Waals surface area contributed by atoms with Gasteiger partial charge in [-0.25, -0.2) is 4.98 Å². The van der Waals surface area contributed by atoms with Gasteiger partial charge in [-0.1, -0.05) is 6.92 Å². The van der Waals surface area contributed by atoms with Crippen molar-refractivity contribution in [1.29, 1.82) is 0 Å². The van der Waals surface area contributed by atoms with Crippen LogP contribution in [0.25, 0.3) is 0 Å². The van der Waals surface area contributed by atoms with Crippen LogP contribution in [-0.4, -0.2) is 9.97 Å². The number of nitrogens with one attached hydrogen (secondary N) is 1. The number of nitrogens with two attached hydrogens (primary N) is 1. The summed E-state index contributed by atoms with van der Waals surface area (Å²) in [4.78, 5) is 17.7. The zero-order valence-electron chi connectivity index (χ0n) is 7.60. The molecular formula is C8H12BrN3O. The fraction of sp³-hybridized carbons (Fsp3) is 0.500. The Morgan fingerprint density at radius 2 is 2.38 bits per heavy atom. The highest BCUT2D eigenvalue weighted by Crippen LogP contribution is 2.23. The number of H-pyrrole nitrogens is 1. The Labute approximate surface area is 84.7 Å². The lowest BCUT2D eigenvalue weighted by Gasteiger charge is -2.22. The summed E-state index contributed by atoms with van der Waals surface area (Å²) < 4.78 is 0.418. The Balaban J connectivity index is 3.31. The van der Waals surface area contributed by atoms with Gasteiger partial charge in [0.1, 0.15) is 4.47 Å². The molecule has 1 aromatic heterocycles. The molecule has 4 nitrogen and oxygen atoms in total. The van der Waals surface area contributed by atoms with Gasteiger partial charge in [-0.2, -0.15) is 0 Å². The molecule has 1 atom stereocenters. The van der Waals surface area contributed by atoms with Crippen LogP contribution in [-0.2, 0) is 5.54 Å². The van der Waals surface area contributed by atoms with E-state index in [-0.39, 0.29) is 5.56 Å². The van der Waals surface area contributed by atoms with Gasteiger partial charge < -0.3 is 10.7 Å². The molecule has 5 heteroatoms. The standard InChI is InChI=1S/C8H12BrN3O/c1-3-8(2,10)6-5(9)7(13)12-4-11-6/h4H,3,10H2,1-2H3,(H,11,12,13). The average molecular weight is 246 g/mol. The molecular weight excluding hydrogens is 234 g/mol. The van der Waals surface area contributed by atoms with Crippen molar-refractivity contribution in [2.24, 2.45) is 5.73 Å². The minimum Gasteiger partial charge on any atom is -0.320 e. The summed E-state index contributed by atoms with van der Waals surface area (Å²) >= 11 is 3.17. The lowest BCUT2D eigenvalue weighted by molar-refractivity contribution is 0.457. The summed E-state index contributed by atoms with van der Waals surface area (Å²) in [6.07, 6.45) is 2.09. The molecule has 0 amide bonds. The molecule has 0 aliphatic carbocycles. The SMILES string of the molecule is CCC(C)(N)c1nc[nH]c(=O)c1Br. The number of nitrogens with zero attached hydrogens (tertiary/aromatic N) is 1. The third-order valence-electron chi connectivity index (χ3n) is 2.07. The van der Waals surface area contributed by atoms with E-state index < -0.39 is 5.54 Å². The van der Waals surface area contributed by atoms with Crippen LogP contribution in [0.3, 0.4) is 0 Å². The van der Waals surface area contributed by atoms with E-state index in [1.54, 1.807) is 0 Å². The van der Waals surface area contributed by atoms with E-state index in [0.29, 0.717) is 10.2 Å². The Morgan fingerprint density at radius 3 is 2.92 bits per heavy atom. The van der Waals surface area contributed by atoms with Crippen LogP contribution in [0.1, 0.15) is 26.0 Å². The molecule has 0 radical (unpaired) electrons. The molecule has 0 aliphatic heterocycles. The van der Waals surface area contributed by atoms with E-state index >= 15 is 0 Å². The van der Waals surface area contributed by atoms with Crippen LogP contribution in [0.4, 0.5) is 0 Å². The van der Waals surface area contributed by atoms with Gasteiger partial charge in [0.25, 0.3) is 5.56 Å². The first-order valence-electron chi connectivity index (χ1n) is 4.01. The van der Waals surface area contributed by atoms with E-state index in [0.717, 1.165) is 6.42 Å². The normalized spacial score (nSPS) is 15.4. The van der Waals surface area contributed by atoms with Gasteiger partial charge >= 0.3 is 0 Å². The zero-order valence-corrected chi connectivity index (χ0v) is 9.18. The van der Waals surface area contributed by atoms with Crippen LogP contribution < -0.4 is 11.3 Å². The molecule has 72 valence electrons. The third kappa shape index (κ3) is 1.97. The van der Waals surface area contributed by atoms with E-state index in [4.69, 9.17) is 5.73 Å². The summed E-state index contributed by atoms with van der Waals surface area (Å²) in [7, 11) is 0. The van der Waals surface area contributed by atoms with E-state index in [1.165, 1.54) is 6.33 Å². The molecule has 1 aromatic rings. The van der Waals surface area contributed by atoms with Gasteiger partial charge in [0.2, 0.25) is 0 Å². The molecule has 0 saturated carbocycles. The van der Waals surface area contributed by atoms with Gasteiger partial charge in [0.15, 0.2) is 0 Å². The summed E-state index contributed by atoms with van der Waals surface area (Å²) in [5.41, 5.74) is 5.80. The molecule has 1 unspecified atom stereocenters. The van der Waals surface area contributed by atoms with Crippen molar-refractivity contribution in [1.82, 2.24) is 9.97 Å². The van der Waals surface area contributed by atoms with Crippen molar-refractivity contribution < 1.29 is 0 Å². The van der Waals surface area contributed by atoms with Gasteiger partial charge in [-0.3, -0.25) is 4.79 Å². The maximum atomic E-state index is 11.2. The largest absolute Gasteiger partial charge is 0.320 e. The number of aromatic nitrogens is 2. The topological polar surface area (TPSA) is 71.8 Å². The lowest BCUT2D eigenvalue weighted by atomic mass is 9.96. The molecule has 0 fully saturated rings. The predicted molar refractivity (Wildman–Crippen MR) is 54.4 cm³/mol. The molecule has 13 heavy (non-hydrogen) atoms. The molecule has 0 spiro atoms. The first-order valence-corrected chi connectivity index (χ1v) is 4.81. The first-order chi connectivity index (χ1) is 5.99. The van der Waals surface area contributed by atoms with Crippen LogP contribution in [0.2, 0.25) is 0 Å². The van der Waals surface area contributed by atoms with Crippen molar-refractivity contribution in [3.05, 3.63) is 26.8 Å². The smallest absolute Gasteiger partial charge is 0.265 e. The quantitative estimate of drug-likeness (QED) is 0.821. The number of hydrogen-bond donors (Lipinski definition) is 2. The second-order valence-corrected chi connectivity index (χ2v) is 3.96. The summed E-state index contributed by atoms with van der Waals surface area (Å²) in [6, 6.07) is 0. The average Bonchev–Trinajstić information content (AvgIpc) is 2.09. The van der Waals surface area contributed by atoms with Crippen LogP contribution >= 0.6 is 15.9 Å². The highest BCUT2D eigenvalue weighted by molar-refractivity contribution is 9.10. The van der Waals surface area contributed by atoms with Gasteiger partial charge in [-0.05, 0) is 29.3 Å². The molecule has 0 aromatic carbocycles. The number of rotatable bonds is 2. The van der Waals surface area contributed by atoms with Crippen molar-refractivity contribution >= 4 is 15.9 Å². The number of halogens is 1. The van der Waals surface area contributed by atoms with Crippen molar-refractivity contribution in [3.8, 4) is 0 Å². The maximum Gasteiger partial charge on any atom is 0.265 e. The molecule has 1 heterocycles. The van der Waals surface area contributed by atoms with Crippen LogP contribution in [0.5, 0.6) is 0 Å². The highest BCUT2D eigenvalue weighted by Gasteiger charge is 2.24. The summed E-state index contributed by atoms with van der Waals surface area (Å²) in [5.74, 6) is 0. The minimum absolute atomic E-state index is 0.199. The van der Waals surface area contributed by atoms with E-state index in [2.05, 4.69) is 25.9 Å². The number of aromatic amines is 1. The van der Waals surface area contributed by atoms with E-state index in [9.17, 15) is 4.79 Å². The summed E-state index contributed by atoms with van der Waals surface area (Å²) in [6.45, 7) is 3.80. The monoisotopic (exact) mass is 245 g/mol. The van der Waals surface area contributed by atoms with Gasteiger partial charge in [0, 0.05) is 0 Å². The fourth-order valence-corrected chi connectivity index (χ4v) is 1.62. The van der Waals surface area contributed by atoms with Crippen LogP contribution in [0.15, 0.2) is 15.6 Å². The number of hydrogen-bond acceptors (Lipinski definition) is 3. The van der Waals surface area contributed by atoms with Gasteiger partial charge in [0.05, 0.1) is 17.6 Å². The first kappa shape index (κ1) is 10.4. The summed E-state index contributed by atoms with van der Waals surface area (Å²) in [5, 5.41) is 0. The Kier molecular flexibility index (Phi) is 2.87. The highest BCUT2D eigenvalue weighted by atomic mass is 79.9. The Bertz CT molecular complexity index is 359. The third-order valence-corrected chi connectivity index (χ3v) is 2.81. The lowest BCUT2D eigenvalue weighted by Crippen LogP contribution is -2.35. The maximum absolute atomic E-state index is 11.2. The predicted octanol–water partition coefficient (Wildman–Crippen LogP) is 1.12. The second kappa shape index (κ2) is 3.59. The molecule has 1 rings (SSSR count). The Morgan fingerprint density at radius 1 is 1.77 bits per heavy atom. The second-order valence-electron chi connectivity index (χ2n) is 3.17. The van der Waals surface area contributed by atoms with Crippen LogP contribution in [0, 0.1) is 0 Å². The molecule has 0 aliphatic rings. The minimum atomic E-state index is -0.562. The fourth-order valence-electron chi connectivity index (χ4n) is 0.949. The Hall–Kier alpha value is -0.680. The van der Waals surface area contributed by atoms with Crippen molar-refractivity contribution in [2.45, 2.75) is 25.8 Å². The van der Waals surface area contributed by atoms with Gasteiger partial charge in [-0.15, -0.1) is 0 Å². The van der Waals surface area contributed by atoms with Crippen molar-refractivity contribution in [2.75, 3.05) is 0 Å². The van der Waals surface area contributed by atoms with Crippen molar-refractivity contribution in [3.63, 3.8) is 0 Å².